The molecule has 0 radical (unpaired) electrons. The van der Waals surface area contributed by atoms with Crippen LogP contribution in [0.5, 0.6) is 0 Å². The molecule has 2 rings (SSSR count). The molecule has 2 saturated carbocycles. The van der Waals surface area contributed by atoms with Crippen molar-refractivity contribution >= 4 is 17.5 Å². The number of alkyl halides is 1. The topological polar surface area (TPSA) is 29.1 Å². The van der Waals surface area contributed by atoms with Gasteiger partial charge in [-0.25, -0.2) is 0 Å². The third-order valence-electron chi connectivity index (χ3n) is 6.09. The number of hydrogen-bond acceptors (Lipinski definition) is 1. The maximum atomic E-state index is 12.3. The van der Waals surface area contributed by atoms with Gasteiger partial charge in [0.15, 0.2) is 0 Å². The van der Waals surface area contributed by atoms with E-state index in [0.717, 1.165) is 12.4 Å². The van der Waals surface area contributed by atoms with Gasteiger partial charge < -0.3 is 5.32 Å². The van der Waals surface area contributed by atoms with Crippen LogP contribution in [0.4, 0.5) is 0 Å². The highest BCUT2D eigenvalue weighted by molar-refractivity contribution is 6.18. The molecule has 0 aromatic carbocycles. The van der Waals surface area contributed by atoms with Gasteiger partial charge in [0, 0.05) is 18.3 Å². The Morgan fingerprint density at radius 1 is 1.11 bits per heavy atom. The lowest BCUT2D eigenvalue weighted by atomic mass is 9.80. The third kappa shape index (κ3) is 2.66. The number of halogens is 1. The second-order valence-electron chi connectivity index (χ2n) is 7.58. The van der Waals surface area contributed by atoms with Crippen LogP contribution < -0.4 is 5.32 Å². The predicted octanol–water partition coefficient (Wildman–Crippen LogP) is 3.83. The van der Waals surface area contributed by atoms with E-state index in [1.807, 2.05) is 0 Å². The molecule has 0 aromatic heterocycles. The van der Waals surface area contributed by atoms with Crippen LogP contribution >= 0.6 is 11.6 Å². The summed E-state index contributed by atoms with van der Waals surface area (Å²) in [5.41, 5.74) is 0.269. The van der Waals surface area contributed by atoms with E-state index in [4.69, 9.17) is 11.6 Å². The zero-order valence-electron chi connectivity index (χ0n) is 12.8. The quantitative estimate of drug-likeness (QED) is 0.782. The van der Waals surface area contributed by atoms with Crippen LogP contribution in [0.25, 0.3) is 0 Å². The molecule has 2 fully saturated rings. The minimum atomic E-state index is 0.134. The van der Waals surface area contributed by atoms with Crippen molar-refractivity contribution in [1.29, 1.82) is 0 Å². The first kappa shape index (κ1) is 15.2. The number of carbonyl (C=O) groups is 1. The van der Waals surface area contributed by atoms with Gasteiger partial charge in [-0.3, -0.25) is 4.79 Å². The van der Waals surface area contributed by atoms with Gasteiger partial charge in [-0.05, 0) is 35.5 Å². The van der Waals surface area contributed by atoms with Gasteiger partial charge in [0.25, 0.3) is 0 Å². The maximum absolute atomic E-state index is 12.3. The maximum Gasteiger partial charge on any atom is 0.224 e. The van der Waals surface area contributed by atoms with Gasteiger partial charge in [-0.2, -0.15) is 0 Å². The average Bonchev–Trinajstić information content (AvgIpc) is 2.77. The molecule has 2 atom stereocenters. The molecule has 0 spiro atoms. The van der Waals surface area contributed by atoms with Gasteiger partial charge in [-0.15, -0.1) is 11.6 Å². The molecule has 19 heavy (non-hydrogen) atoms. The Balaban J connectivity index is 1.84. The molecule has 1 amide bonds. The molecule has 0 aromatic rings. The summed E-state index contributed by atoms with van der Waals surface area (Å²) >= 11 is 6.04. The zero-order valence-corrected chi connectivity index (χ0v) is 13.5. The molecule has 2 aliphatic rings. The van der Waals surface area contributed by atoms with Crippen molar-refractivity contribution in [3.63, 3.8) is 0 Å². The van der Waals surface area contributed by atoms with E-state index in [1.54, 1.807) is 0 Å². The highest BCUT2D eigenvalue weighted by Crippen LogP contribution is 2.68. The Morgan fingerprint density at radius 3 is 2.11 bits per heavy atom. The van der Waals surface area contributed by atoms with Crippen LogP contribution in [-0.4, -0.2) is 18.3 Å². The molecule has 2 unspecified atom stereocenters. The average molecular weight is 286 g/mol. The van der Waals surface area contributed by atoms with Crippen molar-refractivity contribution in [2.45, 2.75) is 53.4 Å². The van der Waals surface area contributed by atoms with Crippen molar-refractivity contribution in [3.05, 3.63) is 0 Å². The van der Waals surface area contributed by atoms with E-state index in [0.29, 0.717) is 11.8 Å². The number of rotatable bonds is 4. The Morgan fingerprint density at radius 2 is 1.63 bits per heavy atom. The minimum absolute atomic E-state index is 0.134. The van der Waals surface area contributed by atoms with Crippen LogP contribution in [0, 0.1) is 28.6 Å². The highest BCUT2D eigenvalue weighted by Gasteiger charge is 2.68. The van der Waals surface area contributed by atoms with Crippen LogP contribution in [-0.2, 0) is 4.79 Å². The second kappa shape index (κ2) is 5.27. The Bertz CT molecular complexity index is 337. The first-order valence-electron chi connectivity index (χ1n) is 7.66. The smallest absolute Gasteiger partial charge is 0.224 e. The number of hydrogen-bond donors (Lipinski definition) is 1. The molecule has 3 heteroatoms. The van der Waals surface area contributed by atoms with Crippen molar-refractivity contribution < 1.29 is 4.79 Å². The van der Waals surface area contributed by atoms with Gasteiger partial charge in [0.05, 0.1) is 0 Å². The van der Waals surface area contributed by atoms with Crippen LogP contribution in [0.1, 0.15) is 53.4 Å². The standard InChI is InChI=1S/C16H28ClNO/c1-15(2)13(16(15,3)4)14(19)18-10-12-8-6-5-7-11(12)9-17/h11-13H,5-10H2,1-4H3,(H,18,19). The fourth-order valence-corrected chi connectivity index (χ4v) is 4.35. The Kier molecular flexibility index (Phi) is 4.21. The summed E-state index contributed by atoms with van der Waals surface area (Å²) in [5.74, 6) is 2.32. The Labute approximate surface area is 122 Å². The molecule has 0 saturated heterocycles. The SMILES string of the molecule is CC1(C)C(C(=O)NCC2CCCCC2CCl)C1(C)C. The minimum Gasteiger partial charge on any atom is -0.356 e. The summed E-state index contributed by atoms with van der Waals surface area (Å²) in [4.78, 5) is 12.3. The van der Waals surface area contributed by atoms with E-state index in [2.05, 4.69) is 33.0 Å². The lowest BCUT2D eigenvalue weighted by Crippen LogP contribution is -2.36. The van der Waals surface area contributed by atoms with E-state index in [1.165, 1.54) is 25.7 Å². The van der Waals surface area contributed by atoms with Crippen molar-refractivity contribution in [2.75, 3.05) is 12.4 Å². The third-order valence-corrected chi connectivity index (χ3v) is 6.48. The fourth-order valence-electron chi connectivity index (χ4n) is 3.94. The second-order valence-corrected chi connectivity index (χ2v) is 7.89. The van der Waals surface area contributed by atoms with Crippen LogP contribution in [0.15, 0.2) is 0 Å². The number of nitrogens with one attached hydrogen (secondary N) is 1. The van der Waals surface area contributed by atoms with E-state index < -0.39 is 0 Å². The summed E-state index contributed by atoms with van der Waals surface area (Å²) in [7, 11) is 0. The summed E-state index contributed by atoms with van der Waals surface area (Å²) in [6, 6.07) is 0. The summed E-state index contributed by atoms with van der Waals surface area (Å²) in [5, 5.41) is 3.19. The molecular formula is C16H28ClNO. The monoisotopic (exact) mass is 285 g/mol. The lowest BCUT2D eigenvalue weighted by molar-refractivity contribution is -0.123. The van der Waals surface area contributed by atoms with E-state index >= 15 is 0 Å². The van der Waals surface area contributed by atoms with Crippen molar-refractivity contribution in [3.8, 4) is 0 Å². The van der Waals surface area contributed by atoms with Crippen molar-refractivity contribution in [2.24, 2.45) is 28.6 Å². The number of amides is 1. The molecule has 0 bridgehead atoms. The predicted molar refractivity (Wildman–Crippen MR) is 80.2 cm³/mol. The summed E-state index contributed by atoms with van der Waals surface area (Å²) in [6.45, 7) is 9.59. The van der Waals surface area contributed by atoms with Crippen LogP contribution in [0.3, 0.4) is 0 Å². The van der Waals surface area contributed by atoms with Crippen LogP contribution in [0.2, 0.25) is 0 Å². The molecule has 0 heterocycles. The molecule has 2 aliphatic carbocycles. The first-order valence-corrected chi connectivity index (χ1v) is 8.19. The largest absolute Gasteiger partial charge is 0.356 e. The molecule has 0 aliphatic heterocycles. The summed E-state index contributed by atoms with van der Waals surface area (Å²) < 4.78 is 0. The summed E-state index contributed by atoms with van der Waals surface area (Å²) in [6.07, 6.45) is 5.03. The van der Waals surface area contributed by atoms with Gasteiger partial charge >= 0.3 is 0 Å². The highest BCUT2D eigenvalue weighted by atomic mass is 35.5. The van der Waals surface area contributed by atoms with Gasteiger partial charge in [0.2, 0.25) is 5.91 Å². The Hall–Kier alpha value is -0.240. The molecular weight excluding hydrogens is 258 g/mol. The van der Waals surface area contributed by atoms with E-state index in [9.17, 15) is 4.79 Å². The lowest BCUT2D eigenvalue weighted by Gasteiger charge is -2.30. The molecule has 1 N–H and O–H groups in total. The molecule has 110 valence electrons. The van der Waals surface area contributed by atoms with Gasteiger partial charge in [0.1, 0.15) is 0 Å². The first-order chi connectivity index (χ1) is 8.82. The number of carbonyl (C=O) groups excluding carboxylic acids is 1. The van der Waals surface area contributed by atoms with Gasteiger partial charge in [-0.1, -0.05) is 40.5 Å². The normalized spacial score (nSPS) is 32.9. The van der Waals surface area contributed by atoms with E-state index in [-0.39, 0.29) is 22.7 Å². The fraction of sp³-hybridized carbons (Fsp3) is 0.938. The van der Waals surface area contributed by atoms with Crippen molar-refractivity contribution in [1.82, 2.24) is 5.32 Å². The molecule has 2 nitrogen and oxygen atoms in total. The zero-order chi connectivity index (χ0) is 14.3.